The Hall–Kier alpha value is -2.40. The molecule has 1 heterocycles. The average molecular weight is 297 g/mol. The Balaban J connectivity index is 1.90. The lowest BCUT2D eigenvalue weighted by molar-refractivity contribution is 0.414. The van der Waals surface area contributed by atoms with E-state index in [1.54, 1.807) is 6.92 Å². The zero-order valence-corrected chi connectivity index (χ0v) is 13.0. The molecule has 0 atom stereocenters. The lowest BCUT2D eigenvalue weighted by Crippen LogP contribution is -2.36. The van der Waals surface area contributed by atoms with E-state index in [0.717, 1.165) is 29.6 Å². The molecule has 2 aromatic carbocycles. The summed E-state index contributed by atoms with van der Waals surface area (Å²) in [6, 6.07) is 5.91. The molecule has 0 spiro atoms. The largest absolute Gasteiger partial charge is 0.361 e. The Labute approximate surface area is 128 Å². The molecule has 0 saturated heterocycles. The standard InChI is InChI=1S/C17H19N3O2/c1-10-15(17(22)16(10)21)19-12-4-5-14-13(8-12)11(9-18-14)6-7-20(2)3/h4-5,8-9,18-19H,6-7H2,1-3H3. The highest BCUT2D eigenvalue weighted by Gasteiger charge is 2.16. The Morgan fingerprint density at radius 2 is 1.95 bits per heavy atom. The number of aromatic nitrogens is 1. The van der Waals surface area contributed by atoms with Crippen LogP contribution >= 0.6 is 0 Å². The van der Waals surface area contributed by atoms with Crippen molar-refractivity contribution in [1.82, 2.24) is 9.88 Å². The van der Waals surface area contributed by atoms with Gasteiger partial charge < -0.3 is 15.2 Å². The fourth-order valence-corrected chi connectivity index (χ4v) is 2.61. The molecule has 0 unspecified atom stereocenters. The molecule has 1 aromatic heterocycles. The Morgan fingerprint density at radius 1 is 1.18 bits per heavy atom. The molecule has 22 heavy (non-hydrogen) atoms. The minimum absolute atomic E-state index is 0.392. The number of benzene rings is 1. The second kappa shape index (κ2) is 5.42. The number of H-pyrrole nitrogens is 1. The van der Waals surface area contributed by atoms with E-state index in [9.17, 15) is 9.59 Å². The molecule has 5 heteroatoms. The minimum Gasteiger partial charge on any atom is -0.361 e. The second-order valence-corrected chi connectivity index (χ2v) is 5.91. The van der Waals surface area contributed by atoms with E-state index in [0.29, 0.717) is 11.3 Å². The quantitative estimate of drug-likeness (QED) is 0.706. The molecule has 0 aliphatic rings. The molecule has 0 saturated carbocycles. The molecule has 2 N–H and O–H groups in total. The number of nitrogens with one attached hydrogen (secondary N) is 2. The van der Waals surface area contributed by atoms with E-state index < -0.39 is 10.9 Å². The number of likely N-dealkylation sites (N-methyl/N-ethyl adjacent to an activating group) is 1. The third-order valence-corrected chi connectivity index (χ3v) is 4.01. The average Bonchev–Trinajstić information content (AvgIpc) is 2.91. The maximum atomic E-state index is 11.6. The van der Waals surface area contributed by atoms with Gasteiger partial charge >= 0.3 is 0 Å². The van der Waals surface area contributed by atoms with Crippen molar-refractivity contribution in [3.05, 3.63) is 56.0 Å². The smallest absolute Gasteiger partial charge is 0.249 e. The van der Waals surface area contributed by atoms with E-state index in [2.05, 4.69) is 29.3 Å². The van der Waals surface area contributed by atoms with Crippen molar-refractivity contribution in [3.8, 4) is 0 Å². The number of hydrogen-bond donors (Lipinski definition) is 2. The first kappa shape index (κ1) is 14.5. The molecular formula is C17H19N3O2. The van der Waals surface area contributed by atoms with Crippen LogP contribution in [0.15, 0.2) is 34.0 Å². The number of nitrogens with zero attached hydrogens (tertiary/aromatic N) is 1. The zero-order chi connectivity index (χ0) is 15.9. The van der Waals surface area contributed by atoms with Crippen LogP contribution in [0.3, 0.4) is 0 Å². The Kier molecular flexibility index (Phi) is 3.58. The van der Waals surface area contributed by atoms with Crippen LogP contribution in [0, 0.1) is 6.92 Å². The predicted molar refractivity (Wildman–Crippen MR) is 89.9 cm³/mol. The van der Waals surface area contributed by atoms with Gasteiger partial charge in [0.2, 0.25) is 10.9 Å². The van der Waals surface area contributed by atoms with Crippen molar-refractivity contribution in [1.29, 1.82) is 0 Å². The molecule has 5 nitrogen and oxygen atoms in total. The van der Waals surface area contributed by atoms with Gasteiger partial charge in [0.25, 0.3) is 0 Å². The van der Waals surface area contributed by atoms with Crippen LogP contribution in [0.5, 0.6) is 0 Å². The van der Waals surface area contributed by atoms with Crippen LogP contribution in [0.25, 0.3) is 10.9 Å². The summed E-state index contributed by atoms with van der Waals surface area (Å²) in [6.07, 6.45) is 2.98. The molecule has 0 bridgehead atoms. The lowest BCUT2D eigenvalue weighted by Gasteiger charge is -2.11. The van der Waals surface area contributed by atoms with E-state index in [1.807, 2.05) is 24.4 Å². The summed E-state index contributed by atoms with van der Waals surface area (Å²) in [5, 5.41) is 4.21. The van der Waals surface area contributed by atoms with Gasteiger partial charge in [0, 0.05) is 34.9 Å². The van der Waals surface area contributed by atoms with E-state index >= 15 is 0 Å². The summed E-state index contributed by atoms with van der Waals surface area (Å²) in [5.41, 5.74) is 3.24. The minimum atomic E-state index is -0.431. The van der Waals surface area contributed by atoms with Crippen LogP contribution in [-0.2, 0) is 6.42 Å². The van der Waals surface area contributed by atoms with Crippen LogP contribution in [-0.4, -0.2) is 30.5 Å². The van der Waals surface area contributed by atoms with Gasteiger partial charge in [-0.15, -0.1) is 0 Å². The highest BCUT2D eigenvalue weighted by Crippen LogP contribution is 2.25. The maximum Gasteiger partial charge on any atom is 0.249 e. The van der Waals surface area contributed by atoms with Gasteiger partial charge in [0.1, 0.15) is 0 Å². The van der Waals surface area contributed by atoms with Crippen molar-refractivity contribution in [2.75, 3.05) is 26.0 Å². The lowest BCUT2D eigenvalue weighted by atomic mass is 10.1. The summed E-state index contributed by atoms with van der Waals surface area (Å²) >= 11 is 0. The first-order valence-corrected chi connectivity index (χ1v) is 7.29. The molecule has 3 aromatic rings. The number of hydrogen-bond acceptors (Lipinski definition) is 4. The van der Waals surface area contributed by atoms with Crippen molar-refractivity contribution >= 4 is 22.3 Å². The van der Waals surface area contributed by atoms with Gasteiger partial charge in [-0.25, -0.2) is 0 Å². The topological polar surface area (TPSA) is 65.2 Å². The monoisotopic (exact) mass is 297 g/mol. The van der Waals surface area contributed by atoms with Crippen molar-refractivity contribution in [3.63, 3.8) is 0 Å². The van der Waals surface area contributed by atoms with E-state index in [1.165, 1.54) is 5.56 Å². The van der Waals surface area contributed by atoms with Gasteiger partial charge in [-0.1, -0.05) is 0 Å². The fourth-order valence-electron chi connectivity index (χ4n) is 2.61. The summed E-state index contributed by atoms with van der Waals surface area (Å²) < 4.78 is 0. The Morgan fingerprint density at radius 3 is 2.64 bits per heavy atom. The predicted octanol–water partition coefficient (Wildman–Crippen LogP) is 1.92. The first-order chi connectivity index (χ1) is 10.5. The molecule has 0 aliphatic heterocycles. The molecule has 0 amide bonds. The SMILES string of the molecule is Cc1c(Nc2ccc3[nH]cc(CCN(C)C)c3c2)c(=O)c1=O. The number of fused-ring (bicyclic) bond motifs is 1. The normalized spacial score (nSPS) is 11.6. The molecule has 0 fully saturated rings. The maximum absolute atomic E-state index is 11.6. The van der Waals surface area contributed by atoms with Gasteiger partial charge in [0.15, 0.2) is 0 Å². The van der Waals surface area contributed by atoms with Gasteiger partial charge in [-0.3, -0.25) is 9.59 Å². The third-order valence-electron chi connectivity index (χ3n) is 4.01. The van der Waals surface area contributed by atoms with Gasteiger partial charge in [0.05, 0.1) is 5.69 Å². The number of rotatable bonds is 5. The molecule has 0 aliphatic carbocycles. The molecule has 0 radical (unpaired) electrons. The van der Waals surface area contributed by atoms with Crippen molar-refractivity contribution < 1.29 is 0 Å². The summed E-state index contributed by atoms with van der Waals surface area (Å²) in [5.74, 6) is 0. The van der Waals surface area contributed by atoms with Gasteiger partial charge in [-0.05, 0) is 51.2 Å². The molecular weight excluding hydrogens is 278 g/mol. The first-order valence-electron chi connectivity index (χ1n) is 7.29. The zero-order valence-electron chi connectivity index (χ0n) is 13.0. The fraction of sp³-hybridized carbons (Fsp3) is 0.294. The number of anilines is 2. The van der Waals surface area contributed by atoms with Crippen LogP contribution in [0.2, 0.25) is 0 Å². The van der Waals surface area contributed by atoms with Crippen LogP contribution in [0.4, 0.5) is 11.4 Å². The summed E-state index contributed by atoms with van der Waals surface area (Å²) in [6.45, 7) is 2.64. The van der Waals surface area contributed by atoms with Crippen LogP contribution < -0.4 is 16.2 Å². The van der Waals surface area contributed by atoms with Crippen LogP contribution in [0.1, 0.15) is 11.1 Å². The molecule has 114 valence electrons. The summed E-state index contributed by atoms with van der Waals surface area (Å²) in [7, 11) is 4.10. The van der Waals surface area contributed by atoms with Crippen molar-refractivity contribution in [2.45, 2.75) is 13.3 Å². The van der Waals surface area contributed by atoms with E-state index in [-0.39, 0.29) is 0 Å². The van der Waals surface area contributed by atoms with Crippen molar-refractivity contribution in [2.24, 2.45) is 0 Å². The summed E-state index contributed by atoms with van der Waals surface area (Å²) in [4.78, 5) is 28.2. The Bertz CT molecular complexity index is 899. The van der Waals surface area contributed by atoms with E-state index in [4.69, 9.17) is 0 Å². The second-order valence-electron chi connectivity index (χ2n) is 5.91. The number of aromatic amines is 1. The third kappa shape index (κ3) is 2.44. The molecule has 3 rings (SSSR count). The van der Waals surface area contributed by atoms with Gasteiger partial charge in [-0.2, -0.15) is 0 Å². The highest BCUT2D eigenvalue weighted by atomic mass is 16.2. The highest BCUT2D eigenvalue weighted by molar-refractivity contribution is 5.87.